The number of fused-ring (bicyclic) bond motifs is 1. The zero-order chi connectivity index (χ0) is 17.5. The maximum atomic E-state index is 14.1. The van der Waals surface area contributed by atoms with Crippen molar-refractivity contribution in [2.45, 2.75) is 30.6 Å². The number of rotatable bonds is 4. The van der Waals surface area contributed by atoms with Crippen molar-refractivity contribution in [3.05, 3.63) is 48.0 Å². The molecule has 0 aromatic heterocycles. The van der Waals surface area contributed by atoms with E-state index in [0.29, 0.717) is 6.07 Å². The van der Waals surface area contributed by atoms with Gasteiger partial charge < -0.3 is 0 Å². The summed E-state index contributed by atoms with van der Waals surface area (Å²) in [4.78, 5) is 0. The minimum atomic E-state index is -5.51. The SMILES string of the molecule is FC(CC(F)(F)F)C(F)(F)C(F)(F)c1cccc2ccccc12. The maximum absolute atomic E-state index is 14.1. The standard InChI is InChI=1S/C15H10F8/c16-12(8-13(17,18)19)15(22,23)14(20,21)11-7-3-5-9-4-1-2-6-10(9)11/h1-7,12H,8H2. The first-order valence-electron chi connectivity index (χ1n) is 6.41. The third-order valence-electron chi connectivity index (χ3n) is 3.35. The van der Waals surface area contributed by atoms with Crippen molar-refractivity contribution in [3.63, 3.8) is 0 Å². The van der Waals surface area contributed by atoms with Crippen LogP contribution in [0.5, 0.6) is 0 Å². The van der Waals surface area contributed by atoms with Crippen molar-refractivity contribution in [1.29, 1.82) is 0 Å². The Balaban J connectivity index is 2.50. The van der Waals surface area contributed by atoms with Gasteiger partial charge in [-0.2, -0.15) is 30.7 Å². The first kappa shape index (κ1) is 17.5. The molecule has 126 valence electrons. The molecule has 2 rings (SSSR count). The summed E-state index contributed by atoms with van der Waals surface area (Å²) in [6.45, 7) is 0. The Bertz CT molecular complexity index is 684. The number of alkyl halides is 8. The highest BCUT2D eigenvalue weighted by molar-refractivity contribution is 5.86. The highest BCUT2D eigenvalue weighted by atomic mass is 19.4. The molecule has 0 nitrogen and oxygen atoms in total. The van der Waals surface area contributed by atoms with Gasteiger partial charge in [0.15, 0.2) is 6.17 Å². The van der Waals surface area contributed by atoms with Gasteiger partial charge in [-0.15, -0.1) is 0 Å². The third-order valence-corrected chi connectivity index (χ3v) is 3.35. The Morgan fingerprint density at radius 2 is 1.35 bits per heavy atom. The summed E-state index contributed by atoms with van der Waals surface area (Å²) in [5, 5.41) is -0.0920. The van der Waals surface area contributed by atoms with Gasteiger partial charge >= 0.3 is 18.0 Å². The van der Waals surface area contributed by atoms with Gasteiger partial charge in [0.2, 0.25) is 0 Å². The van der Waals surface area contributed by atoms with Gasteiger partial charge in [0.05, 0.1) is 6.42 Å². The van der Waals surface area contributed by atoms with Crippen molar-refractivity contribution in [2.75, 3.05) is 0 Å². The molecular formula is C15H10F8. The van der Waals surface area contributed by atoms with Crippen molar-refractivity contribution < 1.29 is 35.1 Å². The molecule has 1 unspecified atom stereocenters. The first-order chi connectivity index (χ1) is 10.5. The highest BCUT2D eigenvalue weighted by Crippen LogP contribution is 2.49. The Morgan fingerprint density at radius 3 is 1.96 bits per heavy atom. The number of benzene rings is 2. The van der Waals surface area contributed by atoms with Gasteiger partial charge in [-0.25, -0.2) is 4.39 Å². The number of halogens is 8. The lowest BCUT2D eigenvalue weighted by atomic mass is 9.93. The second kappa shape index (κ2) is 5.65. The van der Waals surface area contributed by atoms with Crippen molar-refractivity contribution in [3.8, 4) is 0 Å². The summed E-state index contributed by atoms with van der Waals surface area (Å²) in [7, 11) is 0. The molecule has 0 fully saturated rings. The Morgan fingerprint density at radius 1 is 0.783 bits per heavy atom. The average molecular weight is 342 g/mol. The molecule has 2 aromatic carbocycles. The van der Waals surface area contributed by atoms with E-state index in [0.717, 1.165) is 12.1 Å². The van der Waals surface area contributed by atoms with E-state index in [1.54, 1.807) is 0 Å². The molecule has 2 aromatic rings. The van der Waals surface area contributed by atoms with Crippen LogP contribution in [0.4, 0.5) is 35.1 Å². The molecule has 0 radical (unpaired) electrons. The van der Waals surface area contributed by atoms with Crippen molar-refractivity contribution >= 4 is 10.8 Å². The van der Waals surface area contributed by atoms with Gasteiger partial charge in [0.25, 0.3) is 0 Å². The summed E-state index contributed by atoms with van der Waals surface area (Å²) in [6.07, 6.45) is -12.0. The predicted octanol–water partition coefficient (Wildman–Crippen LogP) is 5.86. The van der Waals surface area contributed by atoms with Crippen molar-refractivity contribution in [1.82, 2.24) is 0 Å². The van der Waals surface area contributed by atoms with E-state index in [1.807, 2.05) is 0 Å². The summed E-state index contributed by atoms with van der Waals surface area (Å²) in [6, 6.07) is 8.35. The third kappa shape index (κ3) is 3.25. The Hall–Kier alpha value is -1.86. The summed E-state index contributed by atoms with van der Waals surface area (Å²) in [5.74, 6) is -10.6. The molecule has 1 atom stereocenters. The van der Waals surface area contributed by atoms with E-state index in [2.05, 4.69) is 0 Å². The van der Waals surface area contributed by atoms with E-state index in [4.69, 9.17) is 0 Å². The van der Waals surface area contributed by atoms with Crippen LogP contribution >= 0.6 is 0 Å². The van der Waals surface area contributed by atoms with E-state index < -0.39 is 36.2 Å². The zero-order valence-electron chi connectivity index (χ0n) is 11.3. The van der Waals surface area contributed by atoms with E-state index >= 15 is 0 Å². The first-order valence-corrected chi connectivity index (χ1v) is 6.41. The fourth-order valence-corrected chi connectivity index (χ4v) is 2.21. The minimum absolute atomic E-state index is 0.187. The highest BCUT2D eigenvalue weighted by Gasteiger charge is 2.64. The molecule has 0 heterocycles. The number of hydrogen-bond donors (Lipinski definition) is 0. The lowest BCUT2D eigenvalue weighted by Crippen LogP contribution is -2.47. The summed E-state index contributed by atoms with van der Waals surface area (Å²) < 4.78 is 105. The Labute approximate surface area is 125 Å². The molecule has 0 aliphatic carbocycles. The van der Waals surface area contributed by atoms with Crippen LogP contribution in [0, 0.1) is 0 Å². The molecule has 23 heavy (non-hydrogen) atoms. The largest absolute Gasteiger partial charge is 0.392 e. The van der Waals surface area contributed by atoms with Gasteiger partial charge in [-0.3, -0.25) is 0 Å². The smallest absolute Gasteiger partial charge is 0.240 e. The molecule has 0 spiro atoms. The summed E-state index contributed by atoms with van der Waals surface area (Å²) >= 11 is 0. The van der Waals surface area contributed by atoms with Crippen molar-refractivity contribution in [2.24, 2.45) is 0 Å². The van der Waals surface area contributed by atoms with Crippen LogP contribution in [-0.4, -0.2) is 18.3 Å². The van der Waals surface area contributed by atoms with Crippen LogP contribution in [0.3, 0.4) is 0 Å². The van der Waals surface area contributed by atoms with E-state index in [1.165, 1.54) is 24.3 Å². The molecule has 0 saturated heterocycles. The van der Waals surface area contributed by atoms with Gasteiger partial charge in [-0.1, -0.05) is 42.5 Å². The quantitative estimate of drug-likeness (QED) is 0.611. The van der Waals surface area contributed by atoms with Gasteiger partial charge in [0, 0.05) is 5.56 Å². The molecule has 0 amide bonds. The molecule has 0 aliphatic heterocycles. The molecule has 0 bridgehead atoms. The fraction of sp³-hybridized carbons (Fsp3) is 0.333. The molecule has 0 saturated carbocycles. The van der Waals surface area contributed by atoms with E-state index in [-0.39, 0.29) is 10.8 Å². The fourth-order valence-electron chi connectivity index (χ4n) is 2.21. The van der Waals surface area contributed by atoms with Gasteiger partial charge in [-0.05, 0) is 10.8 Å². The monoisotopic (exact) mass is 342 g/mol. The average Bonchev–Trinajstić information content (AvgIpc) is 2.44. The van der Waals surface area contributed by atoms with Crippen LogP contribution in [0.2, 0.25) is 0 Å². The van der Waals surface area contributed by atoms with Crippen LogP contribution in [0.15, 0.2) is 42.5 Å². The normalized spacial score (nSPS) is 15.0. The predicted molar refractivity (Wildman–Crippen MR) is 68.4 cm³/mol. The topological polar surface area (TPSA) is 0 Å². The minimum Gasteiger partial charge on any atom is -0.240 e. The molecule has 0 aliphatic rings. The van der Waals surface area contributed by atoms with Crippen LogP contribution in [0.25, 0.3) is 10.8 Å². The molecular weight excluding hydrogens is 332 g/mol. The molecule has 8 heteroatoms. The molecule has 0 N–H and O–H groups in total. The summed E-state index contributed by atoms with van der Waals surface area (Å²) in [5.41, 5.74) is -1.22. The second-order valence-electron chi connectivity index (χ2n) is 5.01. The number of hydrogen-bond acceptors (Lipinski definition) is 0. The second-order valence-corrected chi connectivity index (χ2v) is 5.01. The lowest BCUT2D eigenvalue weighted by Gasteiger charge is -2.30. The van der Waals surface area contributed by atoms with Gasteiger partial charge in [0.1, 0.15) is 0 Å². The van der Waals surface area contributed by atoms with E-state index in [9.17, 15) is 35.1 Å². The zero-order valence-corrected chi connectivity index (χ0v) is 11.3. The van der Waals surface area contributed by atoms with Crippen LogP contribution in [0.1, 0.15) is 12.0 Å². The maximum Gasteiger partial charge on any atom is 0.392 e. The van der Waals surface area contributed by atoms with Crippen LogP contribution in [-0.2, 0) is 5.92 Å². The Kier molecular flexibility index (Phi) is 4.30. The van der Waals surface area contributed by atoms with Crippen LogP contribution < -0.4 is 0 Å². The lowest BCUT2D eigenvalue weighted by molar-refractivity contribution is -0.263.